The number of unbranched alkanes of at least 4 members (excludes halogenated alkanes) is 3. The second kappa shape index (κ2) is 7.21. The molecule has 2 aromatic rings. The van der Waals surface area contributed by atoms with Crippen LogP contribution in [0.2, 0.25) is 0 Å². The summed E-state index contributed by atoms with van der Waals surface area (Å²) in [5, 5.41) is 0. The van der Waals surface area contributed by atoms with Crippen molar-refractivity contribution in [2.75, 3.05) is 0 Å². The Hall–Kier alpha value is -2.08. The van der Waals surface area contributed by atoms with Crippen molar-refractivity contribution in [3.63, 3.8) is 0 Å². The van der Waals surface area contributed by atoms with E-state index in [1.165, 1.54) is 60.8 Å². The number of benzene rings is 2. The summed E-state index contributed by atoms with van der Waals surface area (Å²) in [5.74, 6) is 1.32. The van der Waals surface area contributed by atoms with E-state index in [9.17, 15) is 0 Å². The summed E-state index contributed by atoms with van der Waals surface area (Å²) in [6.07, 6.45) is 17.4. The van der Waals surface area contributed by atoms with E-state index in [1.54, 1.807) is 0 Å². The van der Waals surface area contributed by atoms with Crippen LogP contribution in [0.3, 0.4) is 0 Å². The Morgan fingerprint density at radius 2 is 1.00 bits per heavy atom. The van der Waals surface area contributed by atoms with Crippen molar-refractivity contribution >= 4 is 12.2 Å². The second-order valence-electron chi connectivity index (χ2n) is 7.18. The molecule has 0 amide bonds. The van der Waals surface area contributed by atoms with E-state index in [-0.39, 0.29) is 0 Å². The summed E-state index contributed by atoms with van der Waals surface area (Å²) in [7, 11) is 0. The highest BCUT2D eigenvalue weighted by Crippen LogP contribution is 2.35. The molecule has 2 aromatic carbocycles. The van der Waals surface area contributed by atoms with Gasteiger partial charge in [-0.1, -0.05) is 98.5 Å². The van der Waals surface area contributed by atoms with Crippen LogP contribution in [0.4, 0.5) is 0 Å². The quantitative estimate of drug-likeness (QED) is 0.485. The van der Waals surface area contributed by atoms with Gasteiger partial charge in [0.05, 0.1) is 0 Å². The highest BCUT2D eigenvalue weighted by molar-refractivity contribution is 5.62. The van der Waals surface area contributed by atoms with Gasteiger partial charge in [0, 0.05) is 11.8 Å². The van der Waals surface area contributed by atoms with E-state index in [4.69, 9.17) is 0 Å². The van der Waals surface area contributed by atoms with Gasteiger partial charge in [-0.15, -0.1) is 0 Å². The molecule has 4 rings (SSSR count). The normalized spacial score (nSPS) is 20.3. The van der Waals surface area contributed by atoms with Crippen LogP contribution in [0.25, 0.3) is 12.2 Å². The first-order valence-electron chi connectivity index (χ1n) is 9.46. The van der Waals surface area contributed by atoms with Gasteiger partial charge in [-0.25, -0.2) is 0 Å². The maximum atomic E-state index is 2.39. The first-order chi connectivity index (χ1) is 11.9. The average molecular weight is 314 g/mol. The van der Waals surface area contributed by atoms with Gasteiger partial charge in [0.2, 0.25) is 0 Å². The van der Waals surface area contributed by atoms with E-state index < -0.39 is 0 Å². The molecule has 0 bridgehead atoms. The summed E-state index contributed by atoms with van der Waals surface area (Å²) in [6.45, 7) is 0. The average Bonchev–Trinajstić information content (AvgIpc) is 3.22. The minimum atomic E-state index is 0.658. The van der Waals surface area contributed by atoms with Crippen molar-refractivity contribution in [3.05, 3.63) is 82.9 Å². The van der Waals surface area contributed by atoms with Crippen LogP contribution < -0.4 is 0 Å². The zero-order valence-electron chi connectivity index (χ0n) is 14.3. The number of hydrogen-bond acceptors (Lipinski definition) is 0. The van der Waals surface area contributed by atoms with Crippen LogP contribution >= 0.6 is 0 Å². The first-order valence-corrected chi connectivity index (χ1v) is 9.46. The van der Waals surface area contributed by atoms with Crippen molar-refractivity contribution in [3.8, 4) is 0 Å². The van der Waals surface area contributed by atoms with Gasteiger partial charge < -0.3 is 0 Å². The number of hydrogen-bond donors (Lipinski definition) is 0. The lowest BCUT2D eigenvalue weighted by atomic mass is 9.93. The molecule has 2 atom stereocenters. The number of fused-ring (bicyclic) bond motifs is 2. The molecule has 0 heteroatoms. The summed E-state index contributed by atoms with van der Waals surface area (Å²) in [4.78, 5) is 0. The van der Waals surface area contributed by atoms with Gasteiger partial charge in [0.1, 0.15) is 0 Å². The highest BCUT2D eigenvalue weighted by Gasteiger charge is 2.17. The van der Waals surface area contributed by atoms with Gasteiger partial charge in [-0.2, -0.15) is 0 Å². The minimum Gasteiger partial charge on any atom is -0.0764 e. The van der Waals surface area contributed by atoms with Gasteiger partial charge in [-0.3, -0.25) is 0 Å². The Balaban J connectivity index is 1.17. The van der Waals surface area contributed by atoms with Crippen LogP contribution in [-0.2, 0) is 0 Å². The third-order valence-corrected chi connectivity index (χ3v) is 5.59. The van der Waals surface area contributed by atoms with Crippen LogP contribution in [0.5, 0.6) is 0 Å². The first kappa shape index (κ1) is 15.4. The molecule has 0 aliphatic heterocycles. The minimum absolute atomic E-state index is 0.658. The fraction of sp³-hybridized carbons (Fsp3) is 0.333. The summed E-state index contributed by atoms with van der Waals surface area (Å²) in [6, 6.07) is 17.7. The topological polar surface area (TPSA) is 0 Å². The van der Waals surface area contributed by atoms with E-state index in [2.05, 4.69) is 72.8 Å². The van der Waals surface area contributed by atoms with E-state index >= 15 is 0 Å². The number of rotatable bonds is 7. The molecule has 24 heavy (non-hydrogen) atoms. The molecule has 0 nitrogen and oxygen atoms in total. The lowest BCUT2D eigenvalue weighted by molar-refractivity contribution is 0.566. The van der Waals surface area contributed by atoms with Crippen molar-refractivity contribution in [1.82, 2.24) is 0 Å². The molecular weight excluding hydrogens is 288 g/mol. The fourth-order valence-corrected chi connectivity index (χ4v) is 4.23. The van der Waals surface area contributed by atoms with E-state index in [0.29, 0.717) is 11.8 Å². The lowest BCUT2D eigenvalue weighted by Gasteiger charge is -2.12. The maximum Gasteiger partial charge on any atom is 0.00272 e. The number of allylic oxidation sites excluding steroid dienone is 2. The van der Waals surface area contributed by atoms with Crippen molar-refractivity contribution in [2.45, 2.75) is 50.4 Å². The molecule has 0 aromatic heterocycles. The zero-order chi connectivity index (χ0) is 16.2. The smallest absolute Gasteiger partial charge is 0.00272 e. The molecule has 122 valence electrons. The highest BCUT2D eigenvalue weighted by atomic mass is 14.2. The second-order valence-corrected chi connectivity index (χ2v) is 7.18. The van der Waals surface area contributed by atoms with Gasteiger partial charge >= 0.3 is 0 Å². The Bertz CT molecular complexity index is 685. The molecule has 0 N–H and O–H groups in total. The molecule has 2 unspecified atom stereocenters. The summed E-state index contributed by atoms with van der Waals surface area (Å²) < 4.78 is 0. The van der Waals surface area contributed by atoms with Crippen LogP contribution in [0, 0.1) is 0 Å². The van der Waals surface area contributed by atoms with Crippen LogP contribution in [0.15, 0.2) is 60.7 Å². The Morgan fingerprint density at radius 1 is 0.542 bits per heavy atom. The largest absolute Gasteiger partial charge is 0.0764 e. The fourth-order valence-electron chi connectivity index (χ4n) is 4.23. The Labute approximate surface area is 145 Å². The molecular formula is C24H26. The van der Waals surface area contributed by atoms with Crippen molar-refractivity contribution in [1.29, 1.82) is 0 Å². The predicted molar refractivity (Wildman–Crippen MR) is 104 cm³/mol. The van der Waals surface area contributed by atoms with E-state index in [1.807, 2.05) is 0 Å². The molecule has 0 fully saturated rings. The van der Waals surface area contributed by atoms with Crippen LogP contribution in [0.1, 0.15) is 72.6 Å². The predicted octanol–water partition coefficient (Wildman–Crippen LogP) is 6.95. The van der Waals surface area contributed by atoms with Gasteiger partial charge in [0.15, 0.2) is 0 Å². The monoisotopic (exact) mass is 314 g/mol. The maximum absolute atomic E-state index is 2.39. The zero-order valence-corrected chi connectivity index (χ0v) is 14.3. The molecule has 0 spiro atoms. The molecule has 2 aliphatic rings. The van der Waals surface area contributed by atoms with Gasteiger partial charge in [-0.05, 0) is 35.1 Å². The lowest BCUT2D eigenvalue weighted by Crippen LogP contribution is -1.95. The SMILES string of the molecule is C1=CC(CCCCCCC2C=Cc3ccccc32)c2ccccc21. The Morgan fingerprint density at radius 3 is 1.50 bits per heavy atom. The molecule has 2 aliphatic carbocycles. The molecule has 0 saturated carbocycles. The van der Waals surface area contributed by atoms with Crippen LogP contribution in [-0.4, -0.2) is 0 Å². The third-order valence-electron chi connectivity index (χ3n) is 5.59. The summed E-state index contributed by atoms with van der Waals surface area (Å²) >= 11 is 0. The van der Waals surface area contributed by atoms with Gasteiger partial charge in [0.25, 0.3) is 0 Å². The van der Waals surface area contributed by atoms with Crippen molar-refractivity contribution in [2.24, 2.45) is 0 Å². The molecule has 0 heterocycles. The Kier molecular flexibility index (Phi) is 4.64. The van der Waals surface area contributed by atoms with Crippen molar-refractivity contribution < 1.29 is 0 Å². The standard InChI is InChI=1S/C24H26/c1(3-9-19-15-17-21-11-5-7-13-23(19)21)2-4-10-20-16-18-22-12-6-8-14-24(20)22/h5-8,11-20H,1-4,9-10H2. The molecule has 0 radical (unpaired) electrons. The molecule has 0 saturated heterocycles. The summed E-state index contributed by atoms with van der Waals surface area (Å²) in [5.41, 5.74) is 5.92. The third kappa shape index (κ3) is 3.24. The van der Waals surface area contributed by atoms with E-state index in [0.717, 1.165) is 0 Å².